The van der Waals surface area contributed by atoms with Gasteiger partial charge in [0.2, 0.25) is 5.91 Å². The van der Waals surface area contributed by atoms with Crippen LogP contribution in [0.15, 0.2) is 53.7 Å². The summed E-state index contributed by atoms with van der Waals surface area (Å²) in [6.07, 6.45) is -5.19. The van der Waals surface area contributed by atoms with Crippen LogP contribution in [0.1, 0.15) is 49.8 Å². The van der Waals surface area contributed by atoms with E-state index in [4.69, 9.17) is 4.74 Å². The molecule has 9 heteroatoms. The van der Waals surface area contributed by atoms with Crippen molar-refractivity contribution < 1.29 is 36.3 Å². The fraction of sp³-hybridized carbons (Fsp3) is 0.333. The molecular weight excluding hydrogens is 445 g/mol. The van der Waals surface area contributed by atoms with Crippen molar-refractivity contribution >= 4 is 11.9 Å². The van der Waals surface area contributed by atoms with Gasteiger partial charge in [0, 0.05) is 18.0 Å². The van der Waals surface area contributed by atoms with Gasteiger partial charge in [-0.05, 0) is 56.2 Å². The zero-order valence-electron chi connectivity index (χ0n) is 18.2. The number of carbonyl (C=O) groups excluding carboxylic acids is 2. The topological polar surface area (TPSA) is 46.6 Å². The first-order valence-corrected chi connectivity index (χ1v) is 10.2. The molecule has 176 valence electrons. The monoisotopic (exact) mass is 467 g/mol. The molecule has 0 bridgehead atoms. The van der Waals surface area contributed by atoms with Crippen LogP contribution in [0.2, 0.25) is 0 Å². The van der Waals surface area contributed by atoms with Gasteiger partial charge in [0.15, 0.2) is 11.6 Å². The van der Waals surface area contributed by atoms with E-state index in [2.05, 4.69) is 0 Å². The third kappa shape index (κ3) is 5.40. The van der Waals surface area contributed by atoms with Crippen molar-refractivity contribution in [2.75, 3.05) is 0 Å². The lowest BCUT2D eigenvalue weighted by atomic mass is 9.83. The zero-order chi connectivity index (χ0) is 24.5. The van der Waals surface area contributed by atoms with E-state index in [0.717, 1.165) is 24.3 Å². The van der Waals surface area contributed by atoms with Crippen LogP contribution in [0.25, 0.3) is 0 Å². The second kappa shape index (κ2) is 9.33. The molecule has 0 spiro atoms. The molecule has 0 N–H and O–H groups in total. The predicted octanol–water partition coefficient (Wildman–Crippen LogP) is 5.73. The Bertz CT molecular complexity index is 1090. The summed E-state index contributed by atoms with van der Waals surface area (Å²) >= 11 is 0. The Labute approximate surface area is 187 Å². The molecule has 1 aliphatic rings. The number of allylic oxidation sites excluding steroid dienone is 1. The van der Waals surface area contributed by atoms with E-state index in [-0.39, 0.29) is 24.2 Å². The molecule has 3 rings (SSSR count). The minimum Gasteiger partial charge on any atom is -0.460 e. The van der Waals surface area contributed by atoms with Crippen molar-refractivity contribution in [3.05, 3.63) is 82.1 Å². The third-order valence-electron chi connectivity index (χ3n) is 5.35. The molecule has 0 fully saturated rings. The average molecular weight is 467 g/mol. The highest BCUT2D eigenvalue weighted by Crippen LogP contribution is 2.39. The van der Waals surface area contributed by atoms with Crippen LogP contribution in [-0.4, -0.2) is 22.9 Å². The van der Waals surface area contributed by atoms with E-state index in [9.17, 15) is 31.5 Å². The van der Waals surface area contributed by atoms with E-state index < -0.39 is 47.3 Å². The standard InChI is InChI=1S/C24H22F5NO3/c1-13(2)33-23(32)22-14(3)30(12-15-4-9-19(25)20(26)10-15)21(31)11-18(22)16-5-7-17(8-6-16)24(27,28)29/h4-10,13,18H,11-12H2,1-3H3/t18-/m0/s1. The lowest BCUT2D eigenvalue weighted by Crippen LogP contribution is -2.38. The number of benzene rings is 2. The van der Waals surface area contributed by atoms with Gasteiger partial charge in [-0.15, -0.1) is 0 Å². The Balaban J connectivity index is 2.03. The predicted molar refractivity (Wildman–Crippen MR) is 110 cm³/mol. The van der Waals surface area contributed by atoms with Crippen LogP contribution < -0.4 is 0 Å². The molecule has 0 aliphatic carbocycles. The summed E-state index contributed by atoms with van der Waals surface area (Å²) < 4.78 is 71.1. The molecule has 0 saturated carbocycles. The highest BCUT2D eigenvalue weighted by atomic mass is 19.4. The van der Waals surface area contributed by atoms with E-state index in [1.807, 2.05) is 0 Å². The number of hydrogen-bond donors (Lipinski definition) is 0. The van der Waals surface area contributed by atoms with E-state index in [0.29, 0.717) is 11.1 Å². The Morgan fingerprint density at radius 3 is 2.27 bits per heavy atom. The number of hydrogen-bond acceptors (Lipinski definition) is 3. The second-order valence-electron chi connectivity index (χ2n) is 8.06. The smallest absolute Gasteiger partial charge is 0.416 e. The van der Waals surface area contributed by atoms with Gasteiger partial charge in [-0.25, -0.2) is 13.6 Å². The quantitative estimate of drug-likeness (QED) is 0.417. The molecule has 1 atom stereocenters. The lowest BCUT2D eigenvalue weighted by Gasteiger charge is -2.35. The van der Waals surface area contributed by atoms with Crippen LogP contribution in [0, 0.1) is 11.6 Å². The highest BCUT2D eigenvalue weighted by molar-refractivity contribution is 5.96. The van der Waals surface area contributed by atoms with E-state index >= 15 is 0 Å². The summed E-state index contributed by atoms with van der Waals surface area (Å²) in [5.41, 5.74) is 0.197. The number of nitrogens with zero attached hydrogens (tertiary/aromatic N) is 1. The molecule has 0 aromatic heterocycles. The normalized spacial score (nSPS) is 17.1. The molecule has 1 amide bonds. The summed E-state index contributed by atoms with van der Waals surface area (Å²) in [4.78, 5) is 27.1. The van der Waals surface area contributed by atoms with Crippen LogP contribution >= 0.6 is 0 Å². The first-order valence-electron chi connectivity index (χ1n) is 10.2. The minimum absolute atomic E-state index is 0.111. The van der Waals surface area contributed by atoms with Crippen LogP contribution in [-0.2, 0) is 27.0 Å². The number of amides is 1. The molecule has 1 aliphatic heterocycles. The second-order valence-corrected chi connectivity index (χ2v) is 8.06. The maximum absolute atomic E-state index is 13.6. The van der Waals surface area contributed by atoms with Gasteiger partial charge in [-0.1, -0.05) is 18.2 Å². The fourth-order valence-electron chi connectivity index (χ4n) is 3.76. The maximum Gasteiger partial charge on any atom is 0.416 e. The summed E-state index contributed by atoms with van der Waals surface area (Å²) in [7, 11) is 0. The van der Waals surface area contributed by atoms with Crippen LogP contribution in [0.3, 0.4) is 0 Å². The molecule has 1 heterocycles. The largest absolute Gasteiger partial charge is 0.460 e. The molecule has 33 heavy (non-hydrogen) atoms. The van der Waals surface area contributed by atoms with Crippen molar-refractivity contribution in [1.29, 1.82) is 0 Å². The minimum atomic E-state index is -4.52. The number of alkyl halides is 3. The first kappa shape index (κ1) is 24.4. The maximum atomic E-state index is 13.6. The van der Waals surface area contributed by atoms with Crippen molar-refractivity contribution in [2.24, 2.45) is 0 Å². The Morgan fingerprint density at radius 2 is 1.73 bits per heavy atom. The number of rotatable bonds is 5. The van der Waals surface area contributed by atoms with Gasteiger partial charge >= 0.3 is 12.1 Å². The van der Waals surface area contributed by atoms with E-state index in [1.54, 1.807) is 13.8 Å². The summed E-state index contributed by atoms with van der Waals surface area (Å²) in [5, 5.41) is 0. The highest BCUT2D eigenvalue weighted by Gasteiger charge is 2.38. The van der Waals surface area contributed by atoms with Crippen molar-refractivity contribution in [1.82, 2.24) is 4.90 Å². The molecule has 0 unspecified atom stereocenters. The molecule has 2 aromatic rings. The number of esters is 1. The number of ether oxygens (including phenoxy) is 1. The van der Waals surface area contributed by atoms with Gasteiger partial charge in [-0.3, -0.25) is 4.79 Å². The van der Waals surface area contributed by atoms with Crippen molar-refractivity contribution in [3.63, 3.8) is 0 Å². The molecule has 4 nitrogen and oxygen atoms in total. The van der Waals surface area contributed by atoms with Gasteiger partial charge in [0.05, 0.1) is 23.8 Å². The summed E-state index contributed by atoms with van der Waals surface area (Å²) in [5.74, 6) is -4.02. The van der Waals surface area contributed by atoms with Gasteiger partial charge in [-0.2, -0.15) is 13.2 Å². The lowest BCUT2D eigenvalue weighted by molar-refractivity contribution is -0.144. The molecular formula is C24H22F5NO3. The molecule has 0 saturated heterocycles. The molecule has 2 aromatic carbocycles. The summed E-state index contributed by atoms with van der Waals surface area (Å²) in [6.45, 7) is 4.70. The van der Waals surface area contributed by atoms with Crippen LogP contribution in [0.5, 0.6) is 0 Å². The zero-order valence-corrected chi connectivity index (χ0v) is 18.2. The first-order chi connectivity index (χ1) is 15.4. The Kier molecular flexibility index (Phi) is 6.90. The van der Waals surface area contributed by atoms with Crippen LogP contribution in [0.4, 0.5) is 22.0 Å². The number of carbonyl (C=O) groups is 2. The van der Waals surface area contributed by atoms with E-state index in [1.165, 1.54) is 30.0 Å². The SMILES string of the molecule is CC1=C(C(=O)OC(C)C)[C@H](c2ccc(C(F)(F)F)cc2)CC(=O)N1Cc1ccc(F)c(F)c1. The van der Waals surface area contributed by atoms with Gasteiger partial charge < -0.3 is 9.64 Å². The van der Waals surface area contributed by atoms with Crippen molar-refractivity contribution in [2.45, 2.75) is 51.9 Å². The Hall–Kier alpha value is -3.23. The third-order valence-corrected chi connectivity index (χ3v) is 5.35. The van der Waals surface area contributed by atoms with Gasteiger partial charge in [0.25, 0.3) is 0 Å². The number of halogens is 5. The Morgan fingerprint density at radius 1 is 1.09 bits per heavy atom. The average Bonchev–Trinajstić information content (AvgIpc) is 2.72. The fourth-order valence-corrected chi connectivity index (χ4v) is 3.76. The summed E-state index contributed by atoms with van der Waals surface area (Å²) in [6, 6.07) is 7.50. The van der Waals surface area contributed by atoms with Crippen molar-refractivity contribution in [3.8, 4) is 0 Å². The molecule has 0 radical (unpaired) electrons. The van der Waals surface area contributed by atoms with Gasteiger partial charge in [0.1, 0.15) is 0 Å².